The van der Waals surface area contributed by atoms with Crippen LogP contribution in [0.4, 0.5) is 5.69 Å². The number of anilines is 1. The van der Waals surface area contributed by atoms with Crippen LogP contribution < -0.4 is 10.2 Å². The van der Waals surface area contributed by atoms with Crippen LogP contribution in [0.5, 0.6) is 0 Å². The molecule has 2 fully saturated rings. The van der Waals surface area contributed by atoms with E-state index in [1.807, 2.05) is 12.1 Å². The Morgan fingerprint density at radius 3 is 2.42 bits per heavy atom. The molecule has 1 aromatic carbocycles. The molecule has 0 spiro atoms. The van der Waals surface area contributed by atoms with Crippen molar-refractivity contribution in [3.05, 3.63) is 29.8 Å². The molecule has 1 atom stereocenters. The van der Waals surface area contributed by atoms with Gasteiger partial charge >= 0.3 is 0 Å². The van der Waals surface area contributed by atoms with E-state index >= 15 is 0 Å². The first-order valence-electron chi connectivity index (χ1n) is 8.97. The van der Waals surface area contributed by atoms with Crippen LogP contribution >= 0.6 is 0 Å². The summed E-state index contributed by atoms with van der Waals surface area (Å²) in [6.45, 7) is 2.39. The van der Waals surface area contributed by atoms with Gasteiger partial charge in [0, 0.05) is 31.8 Å². The number of carbonyl (C=O) groups excluding carboxylic acids is 2. The Morgan fingerprint density at radius 2 is 1.79 bits per heavy atom. The molecule has 0 radical (unpaired) electrons. The normalized spacial score (nSPS) is 22.5. The topological polar surface area (TPSA) is 69.6 Å². The monoisotopic (exact) mass is 330 g/mol. The predicted octanol–water partition coefficient (Wildman–Crippen LogP) is 2.20. The van der Waals surface area contributed by atoms with Crippen LogP contribution in [0.25, 0.3) is 0 Å². The summed E-state index contributed by atoms with van der Waals surface area (Å²) in [6, 6.07) is 8.22. The Kier molecular flexibility index (Phi) is 5.51. The summed E-state index contributed by atoms with van der Waals surface area (Å²) in [7, 11) is 0. The standard InChI is InChI=1S/C19H26N2O3/c22-13-1-2-14-9-11-21(12-10-14)16-5-3-15(4-6-16)17-7-8-18(23)20-19(17)24/h3-6,14,17,22H,1-2,7-13H2,(H,20,23,24). The number of imide groups is 1. The largest absolute Gasteiger partial charge is 0.396 e. The zero-order valence-electron chi connectivity index (χ0n) is 14.0. The lowest BCUT2D eigenvalue weighted by Crippen LogP contribution is -2.39. The first-order chi connectivity index (χ1) is 11.7. The zero-order valence-corrected chi connectivity index (χ0v) is 14.0. The Morgan fingerprint density at radius 1 is 1.08 bits per heavy atom. The molecule has 0 aliphatic carbocycles. The van der Waals surface area contributed by atoms with Crippen LogP contribution in [0.15, 0.2) is 24.3 Å². The number of hydrogen-bond acceptors (Lipinski definition) is 4. The molecule has 1 unspecified atom stereocenters. The summed E-state index contributed by atoms with van der Waals surface area (Å²) in [6.07, 6.45) is 5.40. The zero-order chi connectivity index (χ0) is 16.9. The molecule has 5 heteroatoms. The smallest absolute Gasteiger partial charge is 0.234 e. The molecule has 2 N–H and O–H groups in total. The van der Waals surface area contributed by atoms with Crippen molar-refractivity contribution in [2.75, 3.05) is 24.6 Å². The highest BCUT2D eigenvalue weighted by Gasteiger charge is 2.28. The van der Waals surface area contributed by atoms with Gasteiger partial charge in [0.2, 0.25) is 11.8 Å². The van der Waals surface area contributed by atoms with Gasteiger partial charge in [-0.2, -0.15) is 0 Å². The summed E-state index contributed by atoms with van der Waals surface area (Å²) in [5, 5.41) is 11.4. The highest BCUT2D eigenvalue weighted by molar-refractivity contribution is 6.00. The number of nitrogens with zero attached hydrogens (tertiary/aromatic N) is 1. The Balaban J connectivity index is 1.57. The van der Waals surface area contributed by atoms with Gasteiger partial charge < -0.3 is 10.0 Å². The fourth-order valence-electron chi connectivity index (χ4n) is 3.79. The van der Waals surface area contributed by atoms with Crippen molar-refractivity contribution >= 4 is 17.5 Å². The van der Waals surface area contributed by atoms with Crippen LogP contribution in [-0.4, -0.2) is 36.6 Å². The number of benzene rings is 1. The molecule has 130 valence electrons. The third-order valence-corrected chi connectivity index (χ3v) is 5.28. The molecule has 0 bridgehead atoms. The summed E-state index contributed by atoms with van der Waals surface area (Å²) >= 11 is 0. The van der Waals surface area contributed by atoms with E-state index in [-0.39, 0.29) is 17.7 Å². The van der Waals surface area contributed by atoms with Crippen molar-refractivity contribution in [1.29, 1.82) is 0 Å². The maximum Gasteiger partial charge on any atom is 0.234 e. The van der Waals surface area contributed by atoms with Gasteiger partial charge in [-0.05, 0) is 55.7 Å². The molecule has 2 heterocycles. The Labute approximate surface area is 143 Å². The van der Waals surface area contributed by atoms with Gasteiger partial charge in [-0.1, -0.05) is 12.1 Å². The Bertz CT molecular complexity index is 577. The summed E-state index contributed by atoms with van der Waals surface area (Å²) < 4.78 is 0. The summed E-state index contributed by atoms with van der Waals surface area (Å²) in [4.78, 5) is 25.6. The third-order valence-electron chi connectivity index (χ3n) is 5.28. The number of rotatable bonds is 5. The number of nitrogens with one attached hydrogen (secondary N) is 1. The minimum atomic E-state index is -0.207. The van der Waals surface area contributed by atoms with Crippen molar-refractivity contribution in [2.24, 2.45) is 5.92 Å². The molecule has 3 rings (SSSR count). The van der Waals surface area contributed by atoms with E-state index in [2.05, 4.69) is 22.3 Å². The van der Waals surface area contributed by atoms with Crippen molar-refractivity contribution in [1.82, 2.24) is 5.32 Å². The average molecular weight is 330 g/mol. The fraction of sp³-hybridized carbons (Fsp3) is 0.579. The lowest BCUT2D eigenvalue weighted by atomic mass is 9.90. The van der Waals surface area contributed by atoms with E-state index in [1.54, 1.807) is 0 Å². The SMILES string of the molecule is O=C1CCC(c2ccc(N3CCC(CCCO)CC3)cc2)C(=O)N1. The average Bonchev–Trinajstić information content (AvgIpc) is 2.61. The number of carbonyl (C=O) groups is 2. The summed E-state index contributed by atoms with van der Waals surface area (Å²) in [5.74, 6) is 0.178. The number of piperidine rings is 2. The van der Waals surface area contributed by atoms with Crippen molar-refractivity contribution in [3.63, 3.8) is 0 Å². The van der Waals surface area contributed by atoms with Crippen LogP contribution in [0.1, 0.15) is 50.0 Å². The molecular formula is C19H26N2O3. The maximum atomic E-state index is 12.0. The van der Waals surface area contributed by atoms with E-state index < -0.39 is 0 Å². The van der Waals surface area contributed by atoms with Crippen LogP contribution in [-0.2, 0) is 9.59 Å². The summed E-state index contributed by atoms with van der Waals surface area (Å²) in [5.41, 5.74) is 2.19. The molecule has 2 aliphatic heterocycles. The first-order valence-corrected chi connectivity index (χ1v) is 8.97. The van der Waals surface area contributed by atoms with E-state index in [0.29, 0.717) is 19.4 Å². The molecule has 24 heavy (non-hydrogen) atoms. The molecule has 2 saturated heterocycles. The van der Waals surface area contributed by atoms with E-state index in [4.69, 9.17) is 5.11 Å². The predicted molar refractivity (Wildman–Crippen MR) is 92.8 cm³/mol. The number of amides is 2. The third kappa shape index (κ3) is 3.96. The van der Waals surface area contributed by atoms with Gasteiger partial charge in [0.1, 0.15) is 0 Å². The number of aliphatic hydroxyl groups excluding tert-OH is 1. The Hall–Kier alpha value is -1.88. The van der Waals surface area contributed by atoms with E-state index in [1.165, 1.54) is 18.5 Å². The van der Waals surface area contributed by atoms with Crippen molar-refractivity contribution in [3.8, 4) is 0 Å². The molecule has 2 amide bonds. The maximum absolute atomic E-state index is 12.0. The minimum absolute atomic E-state index is 0.170. The molecular weight excluding hydrogens is 304 g/mol. The van der Waals surface area contributed by atoms with Crippen molar-refractivity contribution < 1.29 is 14.7 Å². The molecule has 1 aromatic rings. The second-order valence-corrected chi connectivity index (χ2v) is 6.89. The highest BCUT2D eigenvalue weighted by atomic mass is 16.3. The van der Waals surface area contributed by atoms with Crippen LogP contribution in [0.3, 0.4) is 0 Å². The molecule has 0 saturated carbocycles. The van der Waals surface area contributed by atoms with Crippen LogP contribution in [0.2, 0.25) is 0 Å². The molecule has 2 aliphatic rings. The van der Waals surface area contributed by atoms with E-state index in [0.717, 1.165) is 37.4 Å². The lowest BCUT2D eigenvalue weighted by Gasteiger charge is -2.34. The molecule has 5 nitrogen and oxygen atoms in total. The second kappa shape index (κ2) is 7.79. The van der Waals surface area contributed by atoms with Gasteiger partial charge in [0.25, 0.3) is 0 Å². The van der Waals surface area contributed by atoms with E-state index in [9.17, 15) is 9.59 Å². The van der Waals surface area contributed by atoms with Gasteiger partial charge in [-0.15, -0.1) is 0 Å². The fourth-order valence-corrected chi connectivity index (χ4v) is 3.79. The highest BCUT2D eigenvalue weighted by Crippen LogP contribution is 2.29. The van der Waals surface area contributed by atoms with Gasteiger partial charge in [-0.3, -0.25) is 14.9 Å². The van der Waals surface area contributed by atoms with Gasteiger partial charge in [0.15, 0.2) is 0 Å². The van der Waals surface area contributed by atoms with Gasteiger partial charge in [-0.25, -0.2) is 0 Å². The van der Waals surface area contributed by atoms with Crippen LogP contribution in [0, 0.1) is 5.92 Å². The van der Waals surface area contributed by atoms with Gasteiger partial charge in [0.05, 0.1) is 5.92 Å². The molecule has 0 aromatic heterocycles. The van der Waals surface area contributed by atoms with Crippen molar-refractivity contribution in [2.45, 2.75) is 44.4 Å². The minimum Gasteiger partial charge on any atom is -0.396 e. The first kappa shape index (κ1) is 17.0. The number of hydrogen-bond donors (Lipinski definition) is 2. The number of aliphatic hydroxyl groups is 1. The quantitative estimate of drug-likeness (QED) is 0.812. The lowest BCUT2D eigenvalue weighted by molar-refractivity contribution is -0.134. The second-order valence-electron chi connectivity index (χ2n) is 6.89.